The van der Waals surface area contributed by atoms with Crippen LogP contribution in [0.4, 0.5) is 0 Å². The van der Waals surface area contributed by atoms with Crippen molar-refractivity contribution in [1.82, 2.24) is 0 Å². The van der Waals surface area contributed by atoms with Crippen LogP contribution in [0.15, 0.2) is 0 Å². The van der Waals surface area contributed by atoms with Crippen LogP contribution in [0, 0.1) is 23.7 Å². The first-order valence-electron chi connectivity index (χ1n) is 12.0. The van der Waals surface area contributed by atoms with Crippen LogP contribution in [0.25, 0.3) is 0 Å². The summed E-state index contributed by atoms with van der Waals surface area (Å²) in [5.41, 5.74) is 0. The number of rotatable bonds is 18. The van der Waals surface area contributed by atoms with E-state index in [-0.39, 0.29) is 12.8 Å². The second-order valence-corrected chi connectivity index (χ2v) is 10.3. The third-order valence-corrected chi connectivity index (χ3v) is 6.03. The van der Waals surface area contributed by atoms with Crippen molar-refractivity contribution >= 4 is 11.6 Å². The fraction of sp³-hybridized carbons (Fsp3) is 0.920. The van der Waals surface area contributed by atoms with Crippen LogP contribution in [0.1, 0.15) is 106 Å². The molecule has 0 fully saturated rings. The number of hydrogen-bond acceptors (Lipinski definition) is 5. The van der Waals surface area contributed by atoms with Gasteiger partial charge in [0.2, 0.25) is 0 Å². The lowest BCUT2D eigenvalue weighted by Gasteiger charge is -2.22. The SMILES string of the molecule is CC(C)CCCC(C)CCC(=O)C(O)C(O)C(O)C(=O)CCC(C)CCCC(C)C. The molecule has 5 heteroatoms. The Kier molecular flexibility index (Phi) is 15.5. The van der Waals surface area contributed by atoms with Crippen molar-refractivity contribution in [3.05, 3.63) is 0 Å². The fourth-order valence-corrected chi connectivity index (χ4v) is 3.66. The Morgan fingerprint density at radius 1 is 0.567 bits per heavy atom. The number of ketones is 2. The highest BCUT2D eigenvalue weighted by molar-refractivity contribution is 5.87. The highest BCUT2D eigenvalue weighted by atomic mass is 16.4. The molecule has 0 aromatic rings. The summed E-state index contributed by atoms with van der Waals surface area (Å²) in [6.45, 7) is 12.9. The van der Waals surface area contributed by atoms with Crippen LogP contribution >= 0.6 is 0 Å². The van der Waals surface area contributed by atoms with Gasteiger partial charge in [0, 0.05) is 12.8 Å². The fourth-order valence-electron chi connectivity index (χ4n) is 3.66. The average molecular weight is 429 g/mol. The molecule has 178 valence electrons. The predicted octanol–water partition coefficient (Wildman–Crippen LogP) is 4.69. The summed E-state index contributed by atoms with van der Waals surface area (Å²) >= 11 is 0. The van der Waals surface area contributed by atoms with Gasteiger partial charge in [0.1, 0.15) is 18.3 Å². The van der Waals surface area contributed by atoms with Crippen LogP contribution in [-0.4, -0.2) is 45.2 Å². The molecule has 4 unspecified atom stereocenters. The summed E-state index contributed by atoms with van der Waals surface area (Å²) in [7, 11) is 0. The minimum Gasteiger partial charge on any atom is -0.387 e. The molecule has 0 aromatic carbocycles. The zero-order chi connectivity index (χ0) is 23.3. The Balaban J connectivity index is 4.27. The van der Waals surface area contributed by atoms with E-state index in [1.165, 1.54) is 0 Å². The maximum Gasteiger partial charge on any atom is 0.164 e. The second kappa shape index (κ2) is 15.9. The Labute approximate surface area is 184 Å². The molecule has 0 heterocycles. The highest BCUT2D eigenvalue weighted by Gasteiger charge is 2.33. The minimum atomic E-state index is -1.75. The average Bonchev–Trinajstić information content (AvgIpc) is 2.67. The van der Waals surface area contributed by atoms with Crippen LogP contribution < -0.4 is 0 Å². The molecule has 5 nitrogen and oxygen atoms in total. The lowest BCUT2D eigenvalue weighted by atomic mass is 9.91. The van der Waals surface area contributed by atoms with E-state index in [4.69, 9.17) is 0 Å². The Morgan fingerprint density at radius 2 is 0.900 bits per heavy atom. The van der Waals surface area contributed by atoms with Crippen molar-refractivity contribution in [2.75, 3.05) is 0 Å². The van der Waals surface area contributed by atoms with Gasteiger partial charge in [-0.2, -0.15) is 0 Å². The molecule has 4 atom stereocenters. The number of Topliss-reactive ketones (excluding diaryl/α,β-unsaturated/α-hetero) is 2. The highest BCUT2D eigenvalue weighted by Crippen LogP contribution is 2.20. The molecule has 0 saturated carbocycles. The molecule has 0 aliphatic heterocycles. The van der Waals surface area contributed by atoms with Crippen LogP contribution in [0.3, 0.4) is 0 Å². The molecule has 0 saturated heterocycles. The first-order valence-corrected chi connectivity index (χ1v) is 12.0. The third kappa shape index (κ3) is 13.5. The quantitative estimate of drug-likeness (QED) is 0.294. The normalized spacial score (nSPS) is 17.0. The van der Waals surface area contributed by atoms with Crippen molar-refractivity contribution < 1.29 is 24.9 Å². The summed E-state index contributed by atoms with van der Waals surface area (Å²) in [4.78, 5) is 24.4. The van der Waals surface area contributed by atoms with E-state index >= 15 is 0 Å². The van der Waals surface area contributed by atoms with Crippen molar-refractivity contribution in [3.63, 3.8) is 0 Å². The molecule has 3 N–H and O–H groups in total. The summed E-state index contributed by atoms with van der Waals surface area (Å²) < 4.78 is 0. The molecule has 0 radical (unpaired) electrons. The van der Waals surface area contributed by atoms with E-state index in [0.717, 1.165) is 38.5 Å². The second-order valence-electron chi connectivity index (χ2n) is 10.3. The minimum absolute atomic E-state index is 0.148. The van der Waals surface area contributed by atoms with E-state index in [0.29, 0.717) is 36.5 Å². The van der Waals surface area contributed by atoms with Gasteiger partial charge in [0.05, 0.1) is 0 Å². The van der Waals surface area contributed by atoms with Gasteiger partial charge >= 0.3 is 0 Å². The van der Waals surface area contributed by atoms with Crippen LogP contribution in [0.2, 0.25) is 0 Å². The van der Waals surface area contributed by atoms with Gasteiger partial charge in [-0.15, -0.1) is 0 Å². The predicted molar refractivity (Wildman–Crippen MR) is 122 cm³/mol. The molecule has 0 aliphatic carbocycles. The van der Waals surface area contributed by atoms with E-state index in [2.05, 4.69) is 41.5 Å². The topological polar surface area (TPSA) is 94.8 Å². The zero-order valence-corrected chi connectivity index (χ0v) is 20.3. The number of aliphatic hydroxyl groups is 3. The monoisotopic (exact) mass is 428 g/mol. The molecule has 0 bridgehead atoms. The largest absolute Gasteiger partial charge is 0.387 e. The van der Waals surface area contributed by atoms with Gasteiger partial charge in [-0.3, -0.25) is 9.59 Å². The Hall–Kier alpha value is -0.780. The maximum atomic E-state index is 12.2. The van der Waals surface area contributed by atoms with Crippen molar-refractivity contribution in [2.24, 2.45) is 23.7 Å². The number of carbonyl (C=O) groups is 2. The molecular weight excluding hydrogens is 380 g/mol. The standard InChI is InChI=1S/C25H48O5/c1-17(2)9-7-11-19(5)13-15-21(26)23(28)25(30)24(29)22(27)16-14-20(6)12-8-10-18(3)4/h17-20,23-25,28-30H,7-16H2,1-6H3. The Bertz CT molecular complexity index is 432. The van der Waals surface area contributed by atoms with E-state index < -0.39 is 29.9 Å². The summed E-state index contributed by atoms with van der Waals surface area (Å²) in [6, 6.07) is 0. The summed E-state index contributed by atoms with van der Waals surface area (Å²) in [5.74, 6) is 1.04. The van der Waals surface area contributed by atoms with Crippen LogP contribution in [-0.2, 0) is 9.59 Å². The van der Waals surface area contributed by atoms with Crippen molar-refractivity contribution in [1.29, 1.82) is 0 Å². The smallest absolute Gasteiger partial charge is 0.164 e. The van der Waals surface area contributed by atoms with E-state index in [1.807, 2.05) is 0 Å². The maximum absolute atomic E-state index is 12.2. The van der Waals surface area contributed by atoms with Crippen molar-refractivity contribution in [2.45, 2.75) is 124 Å². The summed E-state index contributed by atoms with van der Waals surface area (Å²) in [5, 5.41) is 30.3. The number of hydrogen-bond donors (Lipinski definition) is 3. The summed E-state index contributed by atoms with van der Waals surface area (Å²) in [6.07, 6.45) is 2.99. The van der Waals surface area contributed by atoms with Gasteiger partial charge < -0.3 is 15.3 Å². The molecule has 30 heavy (non-hydrogen) atoms. The van der Waals surface area contributed by atoms with E-state index in [1.54, 1.807) is 0 Å². The van der Waals surface area contributed by atoms with Gasteiger partial charge in [-0.05, 0) is 36.5 Å². The third-order valence-electron chi connectivity index (χ3n) is 6.03. The van der Waals surface area contributed by atoms with Crippen molar-refractivity contribution in [3.8, 4) is 0 Å². The Morgan fingerprint density at radius 3 is 1.20 bits per heavy atom. The first-order chi connectivity index (χ1) is 14.0. The molecule has 0 aliphatic rings. The molecular formula is C25H48O5. The molecule has 0 aromatic heterocycles. The zero-order valence-electron chi connectivity index (χ0n) is 20.3. The van der Waals surface area contributed by atoms with Gasteiger partial charge in [0.25, 0.3) is 0 Å². The lowest BCUT2D eigenvalue weighted by Crippen LogP contribution is -2.46. The van der Waals surface area contributed by atoms with Gasteiger partial charge in [-0.1, -0.05) is 80.1 Å². The number of carbonyl (C=O) groups excluding carboxylic acids is 2. The lowest BCUT2D eigenvalue weighted by molar-refractivity contribution is -0.147. The molecule has 0 rings (SSSR count). The van der Waals surface area contributed by atoms with E-state index in [9.17, 15) is 24.9 Å². The molecule has 0 spiro atoms. The number of aliphatic hydroxyl groups excluding tert-OH is 3. The van der Waals surface area contributed by atoms with Crippen LogP contribution in [0.5, 0.6) is 0 Å². The first kappa shape index (κ1) is 29.2. The van der Waals surface area contributed by atoms with Gasteiger partial charge in [-0.25, -0.2) is 0 Å². The molecule has 0 amide bonds. The van der Waals surface area contributed by atoms with Gasteiger partial charge in [0.15, 0.2) is 11.6 Å².